The molecule has 0 radical (unpaired) electrons. The molecule has 0 aromatic rings. The number of carbonyl (C=O) groups excluding carboxylic acids is 1. The summed E-state index contributed by atoms with van der Waals surface area (Å²) in [5.74, 6) is -0.765. The highest BCUT2D eigenvalue weighted by Crippen LogP contribution is 2.21. The third-order valence-electron chi connectivity index (χ3n) is 4.54. The number of rotatable bonds is 5. The number of likely N-dealkylation sites (tertiary alicyclic amines) is 2. The van der Waals surface area contributed by atoms with E-state index < -0.39 is 5.97 Å². The molecule has 0 aromatic heterocycles. The van der Waals surface area contributed by atoms with Gasteiger partial charge in [0.25, 0.3) is 0 Å². The first-order valence-electron chi connectivity index (χ1n) is 7.98. The highest BCUT2D eigenvalue weighted by Gasteiger charge is 2.29. The lowest BCUT2D eigenvalue weighted by Gasteiger charge is -2.41. The van der Waals surface area contributed by atoms with Crippen molar-refractivity contribution in [1.29, 1.82) is 0 Å². The molecule has 2 saturated heterocycles. The number of carbonyl (C=O) groups is 2. The van der Waals surface area contributed by atoms with Gasteiger partial charge >= 0.3 is 5.97 Å². The van der Waals surface area contributed by atoms with E-state index in [4.69, 9.17) is 5.11 Å². The Hall–Kier alpha value is -1.14. The van der Waals surface area contributed by atoms with E-state index in [9.17, 15) is 14.7 Å². The Bertz CT molecular complexity index is 367. The lowest BCUT2D eigenvalue weighted by Crippen LogP contribution is -2.50. The fourth-order valence-corrected chi connectivity index (χ4v) is 3.34. The summed E-state index contributed by atoms with van der Waals surface area (Å²) in [6.07, 6.45) is 4.48. The van der Waals surface area contributed by atoms with Crippen molar-refractivity contribution in [2.75, 3.05) is 26.2 Å². The van der Waals surface area contributed by atoms with Gasteiger partial charge in [-0.25, -0.2) is 0 Å². The van der Waals surface area contributed by atoms with Gasteiger partial charge in [-0.05, 0) is 38.6 Å². The summed E-state index contributed by atoms with van der Waals surface area (Å²) >= 11 is 0. The Morgan fingerprint density at radius 2 is 1.76 bits per heavy atom. The zero-order valence-electron chi connectivity index (χ0n) is 12.5. The number of amides is 1. The second kappa shape index (κ2) is 7.75. The van der Waals surface area contributed by atoms with Gasteiger partial charge in [-0.2, -0.15) is 0 Å². The number of nitrogens with zero attached hydrogens (tertiary/aromatic N) is 2. The van der Waals surface area contributed by atoms with Crippen molar-refractivity contribution in [2.45, 2.75) is 57.1 Å². The van der Waals surface area contributed by atoms with Crippen LogP contribution in [0.2, 0.25) is 0 Å². The van der Waals surface area contributed by atoms with Crippen molar-refractivity contribution in [3.63, 3.8) is 0 Å². The molecule has 2 N–H and O–H groups in total. The lowest BCUT2D eigenvalue weighted by atomic mass is 9.98. The number of hydrogen-bond acceptors (Lipinski definition) is 4. The van der Waals surface area contributed by atoms with Gasteiger partial charge in [-0.1, -0.05) is 0 Å². The van der Waals surface area contributed by atoms with Crippen molar-refractivity contribution < 1.29 is 19.8 Å². The Labute approximate surface area is 125 Å². The first-order chi connectivity index (χ1) is 10.1. The second-order valence-electron chi connectivity index (χ2n) is 6.15. The molecule has 6 nitrogen and oxygen atoms in total. The van der Waals surface area contributed by atoms with E-state index in [0.717, 1.165) is 51.9 Å². The van der Waals surface area contributed by atoms with Gasteiger partial charge in [-0.15, -0.1) is 0 Å². The molecule has 6 heteroatoms. The maximum absolute atomic E-state index is 12.0. The van der Waals surface area contributed by atoms with Crippen LogP contribution in [-0.4, -0.2) is 70.2 Å². The van der Waals surface area contributed by atoms with Crippen molar-refractivity contribution in [2.24, 2.45) is 0 Å². The van der Waals surface area contributed by atoms with E-state index in [0.29, 0.717) is 18.9 Å². The third kappa shape index (κ3) is 4.97. The Kier molecular flexibility index (Phi) is 5.99. The zero-order chi connectivity index (χ0) is 15.2. The minimum absolute atomic E-state index is 0.0634. The van der Waals surface area contributed by atoms with Crippen LogP contribution in [-0.2, 0) is 9.59 Å². The molecule has 1 amide bonds. The number of carboxylic acids is 1. The molecule has 2 rings (SSSR count). The molecular formula is C15H26N2O4. The summed E-state index contributed by atoms with van der Waals surface area (Å²) < 4.78 is 0. The van der Waals surface area contributed by atoms with E-state index in [2.05, 4.69) is 4.90 Å². The van der Waals surface area contributed by atoms with Gasteiger partial charge in [-0.3, -0.25) is 14.5 Å². The summed E-state index contributed by atoms with van der Waals surface area (Å²) in [4.78, 5) is 26.7. The van der Waals surface area contributed by atoms with Crippen molar-refractivity contribution >= 4 is 11.9 Å². The Morgan fingerprint density at radius 3 is 2.38 bits per heavy atom. The molecule has 21 heavy (non-hydrogen) atoms. The van der Waals surface area contributed by atoms with Gasteiger partial charge < -0.3 is 15.1 Å². The van der Waals surface area contributed by atoms with Crippen LogP contribution in [0.4, 0.5) is 0 Å². The molecule has 1 unspecified atom stereocenters. The van der Waals surface area contributed by atoms with Gasteiger partial charge in [0.05, 0.1) is 6.10 Å². The van der Waals surface area contributed by atoms with Gasteiger partial charge in [0.15, 0.2) is 0 Å². The average molecular weight is 298 g/mol. The van der Waals surface area contributed by atoms with Crippen LogP contribution in [0.25, 0.3) is 0 Å². The normalized spacial score (nSPS) is 25.0. The number of piperidine rings is 2. The molecule has 0 spiro atoms. The van der Waals surface area contributed by atoms with E-state index in [1.54, 1.807) is 0 Å². The summed E-state index contributed by atoms with van der Waals surface area (Å²) in [5, 5.41) is 18.3. The third-order valence-corrected chi connectivity index (χ3v) is 4.54. The Balaban J connectivity index is 1.70. The molecule has 1 atom stereocenters. The van der Waals surface area contributed by atoms with Crippen LogP contribution < -0.4 is 0 Å². The molecule has 2 aliphatic rings. The van der Waals surface area contributed by atoms with Crippen LogP contribution in [0, 0.1) is 0 Å². The highest BCUT2D eigenvalue weighted by molar-refractivity contribution is 5.77. The SMILES string of the molecule is O=C(O)CCCC(=O)N1CCC(N2CCCC(O)C2)CC1. The number of aliphatic hydroxyl groups excluding tert-OH is 1. The summed E-state index contributed by atoms with van der Waals surface area (Å²) in [6, 6.07) is 0.475. The number of β-amino-alcohol motifs (C(OH)–C–C–N with tert-alkyl or cyclic N) is 1. The summed E-state index contributed by atoms with van der Waals surface area (Å²) in [7, 11) is 0. The molecule has 0 saturated carbocycles. The maximum atomic E-state index is 12.0. The molecule has 120 valence electrons. The average Bonchev–Trinajstić information content (AvgIpc) is 2.47. The maximum Gasteiger partial charge on any atom is 0.303 e. The van der Waals surface area contributed by atoms with E-state index in [1.165, 1.54) is 0 Å². The highest BCUT2D eigenvalue weighted by atomic mass is 16.4. The number of carboxylic acid groups (broad SMARTS) is 1. The lowest BCUT2D eigenvalue weighted by molar-refractivity contribution is -0.137. The van der Waals surface area contributed by atoms with Gasteiger partial charge in [0.2, 0.25) is 5.91 Å². The Morgan fingerprint density at radius 1 is 1.05 bits per heavy atom. The number of hydrogen-bond donors (Lipinski definition) is 2. The summed E-state index contributed by atoms with van der Waals surface area (Å²) in [5.41, 5.74) is 0. The van der Waals surface area contributed by atoms with Crippen LogP contribution in [0.3, 0.4) is 0 Å². The molecule has 0 aromatic carbocycles. The molecule has 0 aliphatic carbocycles. The minimum Gasteiger partial charge on any atom is -0.481 e. The van der Waals surface area contributed by atoms with Crippen LogP contribution >= 0.6 is 0 Å². The van der Waals surface area contributed by atoms with Crippen LogP contribution in [0.15, 0.2) is 0 Å². The van der Waals surface area contributed by atoms with Crippen molar-refractivity contribution in [3.05, 3.63) is 0 Å². The van der Waals surface area contributed by atoms with E-state index in [-0.39, 0.29) is 18.4 Å². The van der Waals surface area contributed by atoms with Crippen molar-refractivity contribution in [1.82, 2.24) is 9.80 Å². The first-order valence-corrected chi connectivity index (χ1v) is 7.98. The number of aliphatic hydroxyl groups is 1. The predicted octanol–water partition coefficient (Wildman–Crippen LogP) is 0.689. The van der Waals surface area contributed by atoms with Gasteiger partial charge in [0, 0.05) is 38.5 Å². The zero-order valence-corrected chi connectivity index (χ0v) is 12.5. The molecule has 0 bridgehead atoms. The van der Waals surface area contributed by atoms with Crippen LogP contribution in [0.1, 0.15) is 44.9 Å². The largest absolute Gasteiger partial charge is 0.481 e. The fourth-order valence-electron chi connectivity index (χ4n) is 3.34. The topological polar surface area (TPSA) is 81.1 Å². The summed E-state index contributed by atoms with van der Waals surface area (Å²) in [6.45, 7) is 3.32. The smallest absolute Gasteiger partial charge is 0.303 e. The predicted molar refractivity (Wildman–Crippen MR) is 77.9 cm³/mol. The van der Waals surface area contributed by atoms with Crippen molar-refractivity contribution in [3.8, 4) is 0 Å². The molecule has 2 heterocycles. The monoisotopic (exact) mass is 298 g/mol. The van der Waals surface area contributed by atoms with E-state index >= 15 is 0 Å². The fraction of sp³-hybridized carbons (Fsp3) is 0.867. The number of aliphatic carboxylic acids is 1. The van der Waals surface area contributed by atoms with Crippen LogP contribution in [0.5, 0.6) is 0 Å². The molecular weight excluding hydrogens is 272 g/mol. The van der Waals surface area contributed by atoms with Gasteiger partial charge in [0.1, 0.15) is 0 Å². The van der Waals surface area contributed by atoms with E-state index in [1.807, 2.05) is 4.90 Å². The standard InChI is InChI=1S/C15H26N2O4/c18-13-3-2-8-17(11-13)12-6-9-16(10-7-12)14(19)4-1-5-15(20)21/h12-13,18H,1-11H2,(H,20,21). The second-order valence-corrected chi connectivity index (χ2v) is 6.15. The minimum atomic E-state index is -0.842. The molecule has 2 aliphatic heterocycles. The molecule has 2 fully saturated rings. The first kappa shape index (κ1) is 16.2. The quantitative estimate of drug-likeness (QED) is 0.780.